The number of carbonyl (C=O) groups excluding carboxylic acids is 2. The molecule has 1 aromatic heterocycles. The van der Waals surface area contributed by atoms with Gasteiger partial charge in [0, 0.05) is 38.4 Å². The van der Waals surface area contributed by atoms with Gasteiger partial charge >= 0.3 is 12.0 Å². The zero-order valence-corrected chi connectivity index (χ0v) is 17.1. The van der Waals surface area contributed by atoms with Crippen LogP contribution in [0.1, 0.15) is 24.8 Å². The van der Waals surface area contributed by atoms with E-state index >= 15 is 0 Å². The van der Waals surface area contributed by atoms with E-state index in [-0.39, 0.29) is 44.1 Å². The molecule has 166 valence electrons. The number of carbonyl (C=O) groups is 2. The summed E-state index contributed by atoms with van der Waals surface area (Å²) in [5, 5.41) is 4.07. The van der Waals surface area contributed by atoms with Gasteiger partial charge in [0.1, 0.15) is 5.82 Å². The largest absolute Gasteiger partial charge is 0.437 e. The van der Waals surface area contributed by atoms with Crippen molar-refractivity contribution in [3.8, 4) is 0 Å². The van der Waals surface area contributed by atoms with Gasteiger partial charge in [-0.25, -0.2) is 4.39 Å². The van der Waals surface area contributed by atoms with Crippen LogP contribution in [0, 0.1) is 5.82 Å². The number of nitrogens with zero attached hydrogens (tertiary/aromatic N) is 4. The second kappa shape index (κ2) is 7.99. The molecular formula is C21H23F3N4O3. The van der Waals surface area contributed by atoms with E-state index in [9.17, 15) is 22.8 Å². The fraction of sp³-hybridized carbons (Fsp3) is 0.476. The minimum absolute atomic E-state index is 0.0623. The normalized spacial score (nSPS) is 20.3. The summed E-state index contributed by atoms with van der Waals surface area (Å²) in [5.74, 6) is -2.06. The summed E-state index contributed by atoms with van der Waals surface area (Å²) in [5.41, 5.74) is -0.136. The van der Waals surface area contributed by atoms with Gasteiger partial charge in [-0.05, 0) is 49.1 Å². The Morgan fingerprint density at radius 3 is 2.48 bits per heavy atom. The maximum absolute atomic E-state index is 14.4. The van der Waals surface area contributed by atoms with Gasteiger partial charge in [-0.15, -0.1) is 0 Å². The first-order valence-electron chi connectivity index (χ1n) is 10.1. The van der Waals surface area contributed by atoms with Crippen LogP contribution in [0.3, 0.4) is 0 Å². The molecule has 1 spiro atoms. The van der Waals surface area contributed by atoms with Crippen LogP contribution in [0.5, 0.6) is 0 Å². The number of benzene rings is 1. The number of aryl methyl sites for hydroxylation is 2. The highest BCUT2D eigenvalue weighted by atomic mass is 19.3. The summed E-state index contributed by atoms with van der Waals surface area (Å²) >= 11 is 0. The highest BCUT2D eigenvalue weighted by Crippen LogP contribution is 2.40. The van der Waals surface area contributed by atoms with Gasteiger partial charge in [-0.1, -0.05) is 0 Å². The summed E-state index contributed by atoms with van der Waals surface area (Å²) < 4.78 is 48.8. The van der Waals surface area contributed by atoms with E-state index in [1.165, 1.54) is 12.1 Å². The molecule has 0 aliphatic carbocycles. The van der Waals surface area contributed by atoms with Crippen LogP contribution in [-0.2, 0) is 27.8 Å². The Morgan fingerprint density at radius 1 is 1.19 bits per heavy atom. The lowest BCUT2D eigenvalue weighted by molar-refractivity contribution is -0.292. The molecule has 0 unspecified atom stereocenters. The molecule has 0 saturated carbocycles. The number of halogens is 3. The quantitative estimate of drug-likeness (QED) is 0.739. The lowest BCUT2D eigenvalue weighted by atomic mass is 9.88. The number of hydrogen-bond acceptors (Lipinski definition) is 4. The van der Waals surface area contributed by atoms with E-state index in [1.54, 1.807) is 22.8 Å². The Bertz CT molecular complexity index is 969. The molecule has 0 atom stereocenters. The number of aromatic nitrogens is 2. The molecule has 0 N–H and O–H groups in total. The van der Waals surface area contributed by atoms with Crippen molar-refractivity contribution < 1.29 is 27.5 Å². The molecule has 7 nitrogen and oxygen atoms in total. The molecule has 2 aromatic rings. The van der Waals surface area contributed by atoms with Gasteiger partial charge in [-0.3, -0.25) is 14.3 Å². The minimum atomic E-state index is -3.99. The first kappa shape index (κ1) is 21.4. The molecule has 2 fully saturated rings. The van der Waals surface area contributed by atoms with Crippen LogP contribution >= 0.6 is 0 Å². The van der Waals surface area contributed by atoms with Crippen molar-refractivity contribution in [1.82, 2.24) is 14.7 Å². The topological polar surface area (TPSA) is 67.7 Å². The van der Waals surface area contributed by atoms with E-state index in [2.05, 4.69) is 5.10 Å². The number of amides is 2. The number of rotatable bonds is 4. The molecule has 0 radical (unpaired) electrons. The average molecular weight is 436 g/mol. The zero-order chi connectivity index (χ0) is 22.2. The summed E-state index contributed by atoms with van der Waals surface area (Å²) in [6.45, 7) is 0.436. The summed E-state index contributed by atoms with van der Waals surface area (Å²) in [6, 6.07) is 4.82. The lowest BCUT2D eigenvalue weighted by Crippen LogP contribution is -2.65. The van der Waals surface area contributed by atoms with Crippen molar-refractivity contribution in [1.29, 1.82) is 0 Å². The van der Waals surface area contributed by atoms with Gasteiger partial charge in [0.05, 0.1) is 18.3 Å². The third-order valence-corrected chi connectivity index (χ3v) is 5.84. The number of piperidine rings is 1. The fourth-order valence-corrected chi connectivity index (χ4v) is 4.13. The Hall–Kier alpha value is -2.88. The molecule has 31 heavy (non-hydrogen) atoms. The van der Waals surface area contributed by atoms with Gasteiger partial charge in [0.25, 0.3) is 0 Å². The Balaban J connectivity index is 1.42. The average Bonchev–Trinajstić information content (AvgIpc) is 3.15. The Labute approximate surface area is 177 Å². The van der Waals surface area contributed by atoms with Crippen LogP contribution in [-0.4, -0.2) is 57.8 Å². The van der Waals surface area contributed by atoms with Gasteiger partial charge in [-0.2, -0.15) is 13.9 Å². The second-order valence-corrected chi connectivity index (χ2v) is 8.07. The maximum atomic E-state index is 14.4. The van der Waals surface area contributed by atoms with Crippen LogP contribution in [0.25, 0.3) is 0 Å². The second-order valence-electron chi connectivity index (χ2n) is 8.07. The highest BCUT2D eigenvalue weighted by molar-refractivity contribution is 5.98. The SMILES string of the molecule is Cn1cc(CCC(=O)N2CCC3(CC2)CN(c2ccc(F)cc2)C(=O)C(F)(F)O3)cn1. The Morgan fingerprint density at radius 2 is 1.87 bits per heavy atom. The molecular weight excluding hydrogens is 413 g/mol. The van der Waals surface area contributed by atoms with Crippen LogP contribution in [0.15, 0.2) is 36.7 Å². The third-order valence-electron chi connectivity index (χ3n) is 5.84. The number of alkyl halides is 2. The molecule has 1 aromatic carbocycles. The van der Waals surface area contributed by atoms with E-state index in [1.807, 2.05) is 6.20 Å². The fourth-order valence-electron chi connectivity index (χ4n) is 4.13. The maximum Gasteiger partial charge on any atom is 0.437 e. The van der Waals surface area contributed by atoms with Gasteiger partial charge < -0.3 is 14.5 Å². The predicted octanol–water partition coefficient (Wildman–Crippen LogP) is 2.51. The van der Waals surface area contributed by atoms with Crippen LogP contribution in [0.2, 0.25) is 0 Å². The van der Waals surface area contributed by atoms with Gasteiger partial charge in [0.2, 0.25) is 5.91 Å². The monoisotopic (exact) mass is 436 g/mol. The Kier molecular flexibility index (Phi) is 5.50. The lowest BCUT2D eigenvalue weighted by Gasteiger charge is -2.48. The zero-order valence-electron chi connectivity index (χ0n) is 17.1. The molecule has 2 saturated heterocycles. The van der Waals surface area contributed by atoms with E-state index in [0.29, 0.717) is 12.8 Å². The van der Waals surface area contributed by atoms with Crippen molar-refractivity contribution in [3.63, 3.8) is 0 Å². The van der Waals surface area contributed by atoms with Gasteiger partial charge in [0.15, 0.2) is 0 Å². The van der Waals surface area contributed by atoms with E-state index in [4.69, 9.17) is 4.74 Å². The molecule has 3 heterocycles. The third kappa shape index (κ3) is 4.43. The molecule has 10 heteroatoms. The summed E-state index contributed by atoms with van der Waals surface area (Å²) in [6.07, 6.45) is 0.762. The van der Waals surface area contributed by atoms with E-state index in [0.717, 1.165) is 22.6 Å². The number of anilines is 1. The summed E-state index contributed by atoms with van der Waals surface area (Å²) in [7, 11) is 1.80. The molecule has 2 aliphatic rings. The number of likely N-dealkylation sites (tertiary alicyclic amines) is 1. The standard InChI is InChI=1S/C21H23F3N4O3/c1-26-13-15(12-25-26)2-7-18(29)27-10-8-20(9-11-27)14-28(19(30)21(23,24)31-20)17-5-3-16(22)4-6-17/h3-6,12-13H,2,7-11,14H2,1H3. The summed E-state index contributed by atoms with van der Waals surface area (Å²) in [4.78, 5) is 27.4. The van der Waals surface area contributed by atoms with Crippen molar-refractivity contribution >= 4 is 17.5 Å². The van der Waals surface area contributed by atoms with Crippen molar-refractivity contribution in [2.75, 3.05) is 24.5 Å². The molecule has 2 aliphatic heterocycles. The number of hydrogen-bond donors (Lipinski definition) is 0. The minimum Gasteiger partial charge on any atom is -0.342 e. The highest BCUT2D eigenvalue weighted by Gasteiger charge is 2.57. The first-order chi connectivity index (χ1) is 14.7. The number of ether oxygens (including phenoxy) is 1. The van der Waals surface area contributed by atoms with Crippen molar-refractivity contribution in [3.05, 3.63) is 48.0 Å². The van der Waals surface area contributed by atoms with Crippen molar-refractivity contribution in [2.24, 2.45) is 7.05 Å². The molecule has 2 amide bonds. The van der Waals surface area contributed by atoms with Crippen LogP contribution < -0.4 is 4.90 Å². The number of morpholine rings is 1. The smallest absolute Gasteiger partial charge is 0.342 e. The molecule has 0 bridgehead atoms. The van der Waals surface area contributed by atoms with Crippen molar-refractivity contribution in [2.45, 2.75) is 37.4 Å². The van der Waals surface area contributed by atoms with E-state index < -0.39 is 23.4 Å². The first-order valence-corrected chi connectivity index (χ1v) is 10.1. The molecule has 4 rings (SSSR count). The van der Waals surface area contributed by atoms with Crippen LogP contribution in [0.4, 0.5) is 18.9 Å². The predicted molar refractivity (Wildman–Crippen MR) is 105 cm³/mol.